The van der Waals surface area contributed by atoms with Crippen LogP contribution in [-0.2, 0) is 19.2 Å². The fraction of sp³-hybridized carbons (Fsp3) is 0.810. The Morgan fingerprint density at radius 1 is 0.839 bits per heavy atom. The maximum Gasteiger partial charge on any atom is 0.326 e. The molecule has 0 fully saturated rings. The first kappa shape index (κ1) is 29.2. The van der Waals surface area contributed by atoms with Crippen LogP contribution in [0.4, 0.5) is 0 Å². The average molecular weight is 461 g/mol. The minimum atomic E-state index is -1.12. The van der Waals surface area contributed by atoms with Crippen molar-refractivity contribution < 1.29 is 24.3 Å². The summed E-state index contributed by atoms with van der Waals surface area (Å²) in [6, 6.07) is -3.57. The molecule has 0 saturated carbocycles. The number of carbonyl (C=O) groups excluding carboxylic acids is 3. The lowest BCUT2D eigenvalue weighted by molar-refractivity contribution is -0.142. The third kappa shape index (κ3) is 10.9. The van der Waals surface area contributed by atoms with Crippen LogP contribution < -0.4 is 21.7 Å². The molecule has 0 aromatic rings. The molecule has 4 unspecified atom stereocenters. The zero-order chi connectivity index (χ0) is 24.3. The molecule has 0 aliphatic rings. The summed E-state index contributed by atoms with van der Waals surface area (Å²) in [5, 5.41) is 17.2. The Morgan fingerprint density at radius 2 is 1.29 bits per heavy atom. The second-order valence-corrected chi connectivity index (χ2v) is 9.86. The standard InChI is InChI=1S/C21H40N4O5S/c1-11(2)10-14(22)18(26)24-17(13(5)6)20(28)25-16(12(3)4)19(27)23-15(21(29)30)8-9-31-7/h11-17H,8-10,22H2,1-7H3,(H,23,27)(H,24,26)(H,25,28)(H,29,30). The summed E-state index contributed by atoms with van der Waals surface area (Å²) >= 11 is 1.48. The van der Waals surface area contributed by atoms with Gasteiger partial charge in [0.05, 0.1) is 6.04 Å². The van der Waals surface area contributed by atoms with Gasteiger partial charge in [0, 0.05) is 0 Å². The summed E-state index contributed by atoms with van der Waals surface area (Å²) in [4.78, 5) is 49.5. The number of carboxylic acids is 1. The Hall–Kier alpha value is -1.81. The first-order valence-corrected chi connectivity index (χ1v) is 12.1. The second kappa shape index (κ2) is 14.3. The van der Waals surface area contributed by atoms with Crippen molar-refractivity contribution in [2.75, 3.05) is 12.0 Å². The highest BCUT2D eigenvalue weighted by molar-refractivity contribution is 7.98. The third-order valence-electron chi connectivity index (χ3n) is 4.78. The number of hydrogen-bond acceptors (Lipinski definition) is 6. The number of thioether (sulfide) groups is 1. The summed E-state index contributed by atoms with van der Waals surface area (Å²) in [6.07, 6.45) is 2.62. The number of aliphatic carboxylic acids is 1. The highest BCUT2D eigenvalue weighted by Crippen LogP contribution is 2.10. The van der Waals surface area contributed by atoms with Crippen LogP contribution in [0.5, 0.6) is 0 Å². The predicted molar refractivity (Wildman–Crippen MR) is 124 cm³/mol. The molecule has 31 heavy (non-hydrogen) atoms. The minimum absolute atomic E-state index is 0.231. The summed E-state index contributed by atoms with van der Waals surface area (Å²) in [6.45, 7) is 11.0. The molecule has 0 aliphatic heterocycles. The molecule has 180 valence electrons. The quantitative estimate of drug-likeness (QED) is 0.259. The van der Waals surface area contributed by atoms with Gasteiger partial charge in [0.15, 0.2) is 0 Å². The van der Waals surface area contributed by atoms with Crippen molar-refractivity contribution in [3.8, 4) is 0 Å². The van der Waals surface area contributed by atoms with Crippen molar-refractivity contribution in [2.24, 2.45) is 23.5 Å². The number of carboxylic acid groups (broad SMARTS) is 1. The first-order chi connectivity index (χ1) is 14.3. The first-order valence-electron chi connectivity index (χ1n) is 10.7. The van der Waals surface area contributed by atoms with Crippen LogP contribution in [0.15, 0.2) is 0 Å². The molecule has 0 aromatic heterocycles. The van der Waals surface area contributed by atoms with E-state index in [1.54, 1.807) is 27.7 Å². The highest BCUT2D eigenvalue weighted by atomic mass is 32.2. The number of hydrogen-bond donors (Lipinski definition) is 5. The van der Waals surface area contributed by atoms with Crippen LogP contribution in [0.25, 0.3) is 0 Å². The molecule has 0 aromatic carbocycles. The van der Waals surface area contributed by atoms with E-state index >= 15 is 0 Å². The molecule has 4 atom stereocenters. The van der Waals surface area contributed by atoms with E-state index in [-0.39, 0.29) is 24.2 Å². The van der Waals surface area contributed by atoms with Crippen molar-refractivity contribution in [3.05, 3.63) is 0 Å². The molecular weight excluding hydrogens is 420 g/mol. The predicted octanol–water partition coefficient (Wildman–Crippen LogP) is 0.964. The van der Waals surface area contributed by atoms with Crippen LogP contribution in [0.2, 0.25) is 0 Å². The molecule has 0 aliphatic carbocycles. The Kier molecular flexibility index (Phi) is 13.5. The minimum Gasteiger partial charge on any atom is -0.480 e. The van der Waals surface area contributed by atoms with Crippen LogP contribution in [0, 0.1) is 17.8 Å². The molecule has 9 nitrogen and oxygen atoms in total. The van der Waals surface area contributed by atoms with Gasteiger partial charge in [-0.1, -0.05) is 41.5 Å². The van der Waals surface area contributed by atoms with Crippen LogP contribution in [-0.4, -0.2) is 65.0 Å². The second-order valence-electron chi connectivity index (χ2n) is 8.88. The Morgan fingerprint density at radius 3 is 1.68 bits per heavy atom. The molecular formula is C21H40N4O5S. The van der Waals surface area contributed by atoms with Crippen LogP contribution in [0.1, 0.15) is 54.4 Å². The lowest BCUT2D eigenvalue weighted by Crippen LogP contribution is -2.59. The van der Waals surface area contributed by atoms with E-state index in [4.69, 9.17) is 5.73 Å². The van der Waals surface area contributed by atoms with Gasteiger partial charge in [-0.3, -0.25) is 14.4 Å². The molecule has 0 radical (unpaired) electrons. The van der Waals surface area contributed by atoms with Crippen molar-refractivity contribution in [1.82, 2.24) is 16.0 Å². The maximum absolute atomic E-state index is 12.9. The van der Waals surface area contributed by atoms with Gasteiger partial charge in [-0.2, -0.15) is 11.8 Å². The number of nitrogens with one attached hydrogen (secondary N) is 3. The number of amides is 3. The summed E-state index contributed by atoms with van der Waals surface area (Å²) < 4.78 is 0. The van der Waals surface area contributed by atoms with Crippen molar-refractivity contribution in [3.63, 3.8) is 0 Å². The van der Waals surface area contributed by atoms with Crippen LogP contribution in [0.3, 0.4) is 0 Å². The van der Waals surface area contributed by atoms with Crippen molar-refractivity contribution in [1.29, 1.82) is 0 Å². The van der Waals surface area contributed by atoms with Crippen LogP contribution >= 0.6 is 11.8 Å². The molecule has 0 bridgehead atoms. The summed E-state index contributed by atoms with van der Waals surface area (Å²) in [5.74, 6) is -2.33. The summed E-state index contributed by atoms with van der Waals surface area (Å²) in [7, 11) is 0. The monoisotopic (exact) mass is 460 g/mol. The van der Waals surface area contributed by atoms with E-state index in [2.05, 4.69) is 16.0 Å². The summed E-state index contributed by atoms with van der Waals surface area (Å²) in [5.41, 5.74) is 5.92. The van der Waals surface area contributed by atoms with E-state index in [0.29, 0.717) is 12.2 Å². The molecule has 0 spiro atoms. The zero-order valence-corrected chi connectivity index (χ0v) is 20.5. The highest BCUT2D eigenvalue weighted by Gasteiger charge is 2.33. The molecule has 0 heterocycles. The number of nitrogens with two attached hydrogens (primary N) is 1. The van der Waals surface area contributed by atoms with Gasteiger partial charge >= 0.3 is 5.97 Å². The van der Waals surface area contributed by atoms with Gasteiger partial charge in [-0.15, -0.1) is 0 Å². The van der Waals surface area contributed by atoms with Gasteiger partial charge in [0.25, 0.3) is 0 Å². The Bertz CT molecular complexity index is 613. The van der Waals surface area contributed by atoms with Gasteiger partial charge in [0.1, 0.15) is 18.1 Å². The third-order valence-corrected chi connectivity index (χ3v) is 5.43. The van der Waals surface area contributed by atoms with Crippen molar-refractivity contribution in [2.45, 2.75) is 78.6 Å². The van der Waals surface area contributed by atoms with E-state index < -0.39 is 47.9 Å². The van der Waals surface area contributed by atoms with Gasteiger partial charge in [0.2, 0.25) is 17.7 Å². The molecule has 10 heteroatoms. The molecule has 6 N–H and O–H groups in total. The molecule has 3 amide bonds. The topological polar surface area (TPSA) is 151 Å². The fourth-order valence-corrected chi connectivity index (χ4v) is 3.41. The smallest absolute Gasteiger partial charge is 0.326 e. The normalized spacial score (nSPS) is 15.3. The lowest BCUT2D eigenvalue weighted by Gasteiger charge is -2.28. The largest absolute Gasteiger partial charge is 0.480 e. The lowest BCUT2D eigenvalue weighted by atomic mass is 9.98. The molecule has 0 rings (SSSR count). The fourth-order valence-electron chi connectivity index (χ4n) is 2.94. The van der Waals surface area contributed by atoms with E-state index in [1.165, 1.54) is 11.8 Å². The van der Waals surface area contributed by atoms with E-state index in [1.807, 2.05) is 20.1 Å². The van der Waals surface area contributed by atoms with Crippen molar-refractivity contribution >= 4 is 35.5 Å². The van der Waals surface area contributed by atoms with Gasteiger partial charge < -0.3 is 26.8 Å². The Labute approximate surface area is 190 Å². The SMILES string of the molecule is CSCCC(NC(=O)C(NC(=O)C(NC(=O)C(N)CC(C)C)C(C)C)C(C)C)C(=O)O. The number of rotatable bonds is 14. The average Bonchev–Trinajstić information content (AvgIpc) is 2.65. The Balaban J connectivity index is 5.29. The zero-order valence-electron chi connectivity index (χ0n) is 19.7. The van der Waals surface area contributed by atoms with E-state index in [0.717, 1.165) is 0 Å². The van der Waals surface area contributed by atoms with Gasteiger partial charge in [-0.25, -0.2) is 4.79 Å². The molecule has 0 saturated heterocycles. The number of carbonyl (C=O) groups is 4. The maximum atomic E-state index is 12.9. The van der Waals surface area contributed by atoms with E-state index in [9.17, 15) is 24.3 Å². The van der Waals surface area contributed by atoms with Gasteiger partial charge in [-0.05, 0) is 42.6 Å².